The van der Waals surface area contributed by atoms with Gasteiger partial charge in [-0.2, -0.15) is 0 Å². The first-order valence-corrected chi connectivity index (χ1v) is 8.45. The molecule has 21 heavy (non-hydrogen) atoms. The van der Waals surface area contributed by atoms with E-state index >= 15 is 0 Å². The zero-order chi connectivity index (χ0) is 15.5. The van der Waals surface area contributed by atoms with E-state index in [1.807, 2.05) is 5.38 Å². The van der Waals surface area contributed by atoms with E-state index in [1.54, 1.807) is 24.6 Å². The molecule has 2 heterocycles. The first kappa shape index (κ1) is 15.7. The van der Waals surface area contributed by atoms with Crippen LogP contribution in [0.4, 0.5) is 0 Å². The molecule has 2 N–H and O–H groups in total. The number of aliphatic hydroxyl groups is 1. The van der Waals surface area contributed by atoms with Gasteiger partial charge in [-0.15, -0.1) is 11.3 Å². The van der Waals surface area contributed by atoms with Crippen molar-refractivity contribution >= 4 is 21.4 Å². The molecule has 0 unspecified atom stereocenters. The number of aromatic nitrogens is 2. The molecule has 6 nitrogen and oxygen atoms in total. The second-order valence-electron chi connectivity index (χ2n) is 4.32. The van der Waals surface area contributed by atoms with Crippen molar-refractivity contribution in [2.24, 2.45) is 7.05 Å². The van der Waals surface area contributed by atoms with Crippen LogP contribution in [0.15, 0.2) is 22.7 Å². The van der Waals surface area contributed by atoms with Crippen LogP contribution in [-0.2, 0) is 23.6 Å². The van der Waals surface area contributed by atoms with E-state index in [2.05, 4.69) is 21.5 Å². The lowest BCUT2D eigenvalue weighted by Gasteiger charge is -2.01. The summed E-state index contributed by atoms with van der Waals surface area (Å²) in [7, 11) is -1.88. The summed E-state index contributed by atoms with van der Waals surface area (Å²) in [6, 6.07) is 1.79. The van der Waals surface area contributed by atoms with E-state index in [1.165, 1.54) is 17.5 Å². The van der Waals surface area contributed by atoms with Crippen LogP contribution in [-0.4, -0.2) is 29.7 Å². The normalized spacial score (nSPS) is 11.2. The standard InChI is InChI=1S/C13H15N3O3S2/c1-10-15-13(8-16(10)2)21(18,19)14-7-12-6-11(9-20-12)4-3-5-17/h6,8-9,14,17H,5,7H2,1-2H3. The molecule has 0 fully saturated rings. The van der Waals surface area contributed by atoms with Crippen molar-refractivity contribution in [3.8, 4) is 11.8 Å². The summed E-state index contributed by atoms with van der Waals surface area (Å²) in [5.41, 5.74) is 0.761. The van der Waals surface area contributed by atoms with Crippen LogP contribution in [0.1, 0.15) is 16.3 Å². The largest absolute Gasteiger partial charge is 0.384 e. The van der Waals surface area contributed by atoms with Gasteiger partial charge in [-0.05, 0) is 13.0 Å². The summed E-state index contributed by atoms with van der Waals surface area (Å²) < 4.78 is 28.4. The first-order valence-electron chi connectivity index (χ1n) is 6.09. The third kappa shape index (κ3) is 3.92. The molecule has 0 aliphatic heterocycles. The van der Waals surface area contributed by atoms with E-state index < -0.39 is 10.0 Å². The SMILES string of the molecule is Cc1nc(S(=O)(=O)NCc2cc(C#CCO)cs2)cn1C. The lowest BCUT2D eigenvalue weighted by atomic mass is 10.3. The number of nitrogens with one attached hydrogen (secondary N) is 1. The molecule has 0 bridgehead atoms. The van der Waals surface area contributed by atoms with Gasteiger partial charge in [0.15, 0.2) is 5.03 Å². The molecule has 0 atom stereocenters. The van der Waals surface area contributed by atoms with Crippen molar-refractivity contribution in [3.63, 3.8) is 0 Å². The van der Waals surface area contributed by atoms with Gasteiger partial charge in [0.25, 0.3) is 10.0 Å². The topological polar surface area (TPSA) is 84.2 Å². The van der Waals surface area contributed by atoms with Crippen molar-refractivity contribution in [3.05, 3.63) is 33.9 Å². The highest BCUT2D eigenvalue weighted by molar-refractivity contribution is 7.89. The molecule has 0 aliphatic rings. The van der Waals surface area contributed by atoms with Crippen LogP contribution in [0.2, 0.25) is 0 Å². The number of aryl methyl sites for hydroxylation is 2. The molecule has 0 saturated carbocycles. The van der Waals surface area contributed by atoms with Gasteiger partial charge in [-0.25, -0.2) is 18.1 Å². The number of hydrogen-bond acceptors (Lipinski definition) is 5. The Morgan fingerprint density at radius 1 is 1.52 bits per heavy atom. The first-order chi connectivity index (χ1) is 9.92. The molecule has 2 rings (SSSR count). The van der Waals surface area contributed by atoms with Crippen LogP contribution in [0.3, 0.4) is 0 Å². The maximum absolute atomic E-state index is 12.1. The highest BCUT2D eigenvalue weighted by atomic mass is 32.2. The zero-order valence-electron chi connectivity index (χ0n) is 11.6. The van der Waals surface area contributed by atoms with Crippen LogP contribution < -0.4 is 4.72 Å². The molecule has 2 aromatic heterocycles. The zero-order valence-corrected chi connectivity index (χ0v) is 13.3. The molecule has 0 spiro atoms. The summed E-state index contributed by atoms with van der Waals surface area (Å²) in [6.45, 7) is 1.73. The summed E-state index contributed by atoms with van der Waals surface area (Å²) in [5.74, 6) is 5.95. The van der Waals surface area contributed by atoms with E-state index in [-0.39, 0.29) is 18.2 Å². The fourth-order valence-corrected chi connectivity index (χ4v) is 3.47. The highest BCUT2D eigenvalue weighted by Gasteiger charge is 2.18. The average molecular weight is 325 g/mol. The molecule has 0 amide bonds. The third-order valence-corrected chi connectivity index (χ3v) is 4.97. The molecule has 0 radical (unpaired) electrons. The van der Waals surface area contributed by atoms with Crippen molar-refractivity contribution < 1.29 is 13.5 Å². The molecule has 112 valence electrons. The maximum atomic E-state index is 12.1. The minimum atomic E-state index is -3.62. The van der Waals surface area contributed by atoms with Crippen molar-refractivity contribution in [2.45, 2.75) is 18.5 Å². The number of aliphatic hydroxyl groups excluding tert-OH is 1. The number of hydrogen-bond donors (Lipinski definition) is 2. The summed E-state index contributed by atoms with van der Waals surface area (Å²) in [5, 5.41) is 10.5. The Labute approximate surface area is 127 Å². The van der Waals surface area contributed by atoms with Crippen LogP contribution in [0, 0.1) is 18.8 Å². The predicted molar refractivity (Wildman–Crippen MR) is 80.3 cm³/mol. The van der Waals surface area contributed by atoms with Crippen LogP contribution >= 0.6 is 11.3 Å². The predicted octanol–water partition coefficient (Wildman–Crippen LogP) is 0.612. The van der Waals surface area contributed by atoms with Gasteiger partial charge < -0.3 is 9.67 Å². The van der Waals surface area contributed by atoms with E-state index in [9.17, 15) is 8.42 Å². The van der Waals surface area contributed by atoms with E-state index in [4.69, 9.17) is 5.11 Å². The number of thiophene rings is 1. The van der Waals surface area contributed by atoms with Gasteiger partial charge in [-0.3, -0.25) is 0 Å². The van der Waals surface area contributed by atoms with E-state index in [0.717, 1.165) is 10.4 Å². The molecule has 0 aliphatic carbocycles. The highest BCUT2D eigenvalue weighted by Crippen LogP contribution is 2.15. The number of sulfonamides is 1. The third-order valence-electron chi connectivity index (χ3n) is 2.76. The average Bonchev–Trinajstić information content (AvgIpc) is 3.02. The monoisotopic (exact) mass is 325 g/mol. The lowest BCUT2D eigenvalue weighted by molar-refractivity contribution is 0.350. The molecular weight excluding hydrogens is 310 g/mol. The Morgan fingerprint density at radius 3 is 2.90 bits per heavy atom. The smallest absolute Gasteiger partial charge is 0.259 e. The molecule has 2 aromatic rings. The molecular formula is C13H15N3O3S2. The Balaban J connectivity index is 2.06. The second kappa shape index (κ2) is 6.41. The lowest BCUT2D eigenvalue weighted by Crippen LogP contribution is -2.23. The Hall–Kier alpha value is -1.66. The second-order valence-corrected chi connectivity index (χ2v) is 7.03. The summed E-state index contributed by atoms with van der Waals surface area (Å²) >= 11 is 1.41. The van der Waals surface area contributed by atoms with Crippen molar-refractivity contribution in [1.29, 1.82) is 0 Å². The number of nitrogens with zero attached hydrogens (tertiary/aromatic N) is 2. The quantitative estimate of drug-likeness (QED) is 0.807. The Kier molecular flexibility index (Phi) is 4.80. The summed E-state index contributed by atoms with van der Waals surface area (Å²) in [6.07, 6.45) is 1.48. The van der Waals surface area contributed by atoms with Gasteiger partial charge in [0.1, 0.15) is 12.4 Å². The fourth-order valence-electron chi connectivity index (χ4n) is 1.58. The van der Waals surface area contributed by atoms with Crippen LogP contribution in [0.5, 0.6) is 0 Å². The van der Waals surface area contributed by atoms with Crippen LogP contribution in [0.25, 0.3) is 0 Å². The minimum absolute atomic E-state index is 0.0133. The van der Waals surface area contributed by atoms with Crippen molar-refractivity contribution in [2.75, 3.05) is 6.61 Å². The van der Waals surface area contributed by atoms with Crippen molar-refractivity contribution in [1.82, 2.24) is 14.3 Å². The molecule has 0 saturated heterocycles. The van der Waals surface area contributed by atoms with Gasteiger partial charge in [0.05, 0.1) is 0 Å². The summed E-state index contributed by atoms with van der Waals surface area (Å²) in [4.78, 5) is 4.85. The minimum Gasteiger partial charge on any atom is -0.384 e. The van der Waals surface area contributed by atoms with E-state index in [0.29, 0.717) is 5.82 Å². The number of rotatable bonds is 4. The van der Waals surface area contributed by atoms with Gasteiger partial charge in [0, 0.05) is 35.6 Å². The maximum Gasteiger partial charge on any atom is 0.259 e. The molecule has 8 heteroatoms. The van der Waals surface area contributed by atoms with Gasteiger partial charge >= 0.3 is 0 Å². The van der Waals surface area contributed by atoms with Gasteiger partial charge in [-0.1, -0.05) is 11.8 Å². The Morgan fingerprint density at radius 2 is 2.29 bits per heavy atom. The fraction of sp³-hybridized carbons (Fsp3) is 0.308. The van der Waals surface area contributed by atoms with Gasteiger partial charge in [0.2, 0.25) is 0 Å². The Bertz CT molecular complexity index is 775. The number of imidazole rings is 1. The molecule has 0 aromatic carbocycles.